The minimum Gasteiger partial charge on any atom is -0.381 e. The number of ether oxygens (including phenoxy) is 1. The lowest BCUT2D eigenvalue weighted by Gasteiger charge is -2.20. The van der Waals surface area contributed by atoms with E-state index in [4.69, 9.17) is 10.5 Å². The van der Waals surface area contributed by atoms with Crippen LogP contribution in [0.3, 0.4) is 0 Å². The van der Waals surface area contributed by atoms with Gasteiger partial charge in [0.25, 0.3) is 0 Å². The maximum absolute atomic E-state index is 11.2. The Labute approximate surface area is 78.8 Å². The number of hydrogen-bond acceptors (Lipinski definition) is 3. The van der Waals surface area contributed by atoms with E-state index >= 15 is 0 Å². The van der Waals surface area contributed by atoms with Crippen LogP contribution in [0.25, 0.3) is 0 Å². The minimum absolute atomic E-state index is 0.0839. The van der Waals surface area contributed by atoms with Crippen molar-refractivity contribution in [3.8, 4) is 0 Å². The molecule has 0 spiro atoms. The molecule has 1 amide bonds. The van der Waals surface area contributed by atoms with Gasteiger partial charge >= 0.3 is 0 Å². The Morgan fingerprint density at radius 2 is 2.31 bits per heavy atom. The molecule has 4 heteroatoms. The van der Waals surface area contributed by atoms with Crippen LogP contribution in [0.1, 0.15) is 20.3 Å². The van der Waals surface area contributed by atoms with Gasteiger partial charge in [-0.1, -0.05) is 0 Å². The second-order valence-electron chi connectivity index (χ2n) is 3.71. The van der Waals surface area contributed by atoms with Gasteiger partial charge in [0.15, 0.2) is 0 Å². The Morgan fingerprint density at radius 1 is 1.62 bits per heavy atom. The smallest absolute Gasteiger partial charge is 0.236 e. The predicted molar refractivity (Wildman–Crippen MR) is 50.2 cm³/mol. The molecule has 3 N–H and O–H groups in total. The van der Waals surface area contributed by atoms with E-state index in [1.807, 2.05) is 6.92 Å². The number of nitrogens with two attached hydrogens (primary N) is 1. The third-order valence-corrected chi connectivity index (χ3v) is 2.46. The lowest BCUT2D eigenvalue weighted by atomic mass is 10.0. The van der Waals surface area contributed by atoms with Gasteiger partial charge in [-0.05, 0) is 20.3 Å². The monoisotopic (exact) mass is 186 g/mol. The van der Waals surface area contributed by atoms with E-state index in [9.17, 15) is 4.79 Å². The van der Waals surface area contributed by atoms with Crippen molar-refractivity contribution >= 4 is 5.91 Å². The summed E-state index contributed by atoms with van der Waals surface area (Å²) in [6, 6.07) is -0.259. The van der Waals surface area contributed by atoms with Gasteiger partial charge in [0.1, 0.15) is 0 Å². The van der Waals surface area contributed by atoms with Crippen molar-refractivity contribution in [2.45, 2.75) is 32.4 Å². The number of amides is 1. The second kappa shape index (κ2) is 4.58. The van der Waals surface area contributed by atoms with Crippen LogP contribution in [-0.2, 0) is 9.53 Å². The van der Waals surface area contributed by atoms with Crippen LogP contribution in [-0.4, -0.2) is 31.2 Å². The van der Waals surface area contributed by atoms with Gasteiger partial charge in [-0.25, -0.2) is 0 Å². The first-order valence-electron chi connectivity index (χ1n) is 4.75. The van der Waals surface area contributed by atoms with Gasteiger partial charge in [-0.2, -0.15) is 0 Å². The van der Waals surface area contributed by atoms with E-state index < -0.39 is 6.04 Å². The van der Waals surface area contributed by atoms with Crippen molar-refractivity contribution in [1.82, 2.24) is 5.32 Å². The zero-order valence-electron chi connectivity index (χ0n) is 8.25. The fourth-order valence-electron chi connectivity index (χ4n) is 1.42. The Balaban J connectivity index is 2.31. The molecule has 2 unspecified atom stereocenters. The molecule has 0 saturated carbocycles. The number of rotatable bonds is 3. The molecule has 13 heavy (non-hydrogen) atoms. The maximum Gasteiger partial charge on any atom is 0.236 e. The molecule has 76 valence electrons. The SMILES string of the molecule is CC(NC(=O)[C@H](C)N)C1CCOC1. The van der Waals surface area contributed by atoms with E-state index in [0.717, 1.165) is 19.6 Å². The summed E-state index contributed by atoms with van der Waals surface area (Å²) >= 11 is 0. The molecule has 4 nitrogen and oxygen atoms in total. The Bertz CT molecular complexity index is 176. The average Bonchev–Trinajstić information content (AvgIpc) is 2.55. The molecular weight excluding hydrogens is 168 g/mol. The number of nitrogens with one attached hydrogen (secondary N) is 1. The van der Waals surface area contributed by atoms with Gasteiger partial charge in [0, 0.05) is 18.6 Å². The number of carbonyl (C=O) groups is 1. The maximum atomic E-state index is 11.2. The first-order chi connectivity index (χ1) is 6.11. The van der Waals surface area contributed by atoms with Crippen LogP contribution in [0.4, 0.5) is 0 Å². The number of hydrogen-bond donors (Lipinski definition) is 2. The van der Waals surface area contributed by atoms with E-state index in [0.29, 0.717) is 5.92 Å². The van der Waals surface area contributed by atoms with Crippen molar-refractivity contribution in [2.75, 3.05) is 13.2 Å². The Hall–Kier alpha value is -0.610. The highest BCUT2D eigenvalue weighted by Crippen LogP contribution is 2.16. The van der Waals surface area contributed by atoms with E-state index in [2.05, 4.69) is 5.32 Å². The van der Waals surface area contributed by atoms with Crippen molar-refractivity contribution in [1.29, 1.82) is 0 Å². The lowest BCUT2D eigenvalue weighted by molar-refractivity contribution is -0.122. The molecule has 1 rings (SSSR count). The quantitative estimate of drug-likeness (QED) is 0.645. The van der Waals surface area contributed by atoms with E-state index in [-0.39, 0.29) is 11.9 Å². The summed E-state index contributed by atoms with van der Waals surface area (Å²) in [5.74, 6) is 0.363. The van der Waals surface area contributed by atoms with Crippen molar-refractivity contribution < 1.29 is 9.53 Å². The summed E-state index contributed by atoms with van der Waals surface area (Å²) in [5, 5.41) is 2.88. The van der Waals surface area contributed by atoms with Crippen LogP contribution in [0.15, 0.2) is 0 Å². The fourth-order valence-corrected chi connectivity index (χ4v) is 1.42. The third kappa shape index (κ3) is 2.97. The molecule has 1 aliphatic heterocycles. The van der Waals surface area contributed by atoms with Crippen LogP contribution < -0.4 is 11.1 Å². The van der Waals surface area contributed by atoms with Crippen LogP contribution >= 0.6 is 0 Å². The summed E-state index contributed by atoms with van der Waals surface area (Å²) in [6.07, 6.45) is 1.03. The summed E-state index contributed by atoms with van der Waals surface area (Å²) in [7, 11) is 0. The van der Waals surface area contributed by atoms with Crippen LogP contribution in [0, 0.1) is 5.92 Å². The number of carbonyl (C=O) groups excluding carboxylic acids is 1. The molecule has 0 bridgehead atoms. The Morgan fingerprint density at radius 3 is 2.77 bits per heavy atom. The van der Waals surface area contributed by atoms with Crippen molar-refractivity contribution in [3.63, 3.8) is 0 Å². The fraction of sp³-hybridized carbons (Fsp3) is 0.889. The predicted octanol–water partition coefficient (Wildman–Crippen LogP) is -0.125. The molecule has 0 aromatic heterocycles. The first kappa shape index (κ1) is 10.5. The second-order valence-corrected chi connectivity index (χ2v) is 3.71. The first-order valence-corrected chi connectivity index (χ1v) is 4.75. The van der Waals surface area contributed by atoms with Crippen LogP contribution in [0.2, 0.25) is 0 Å². The summed E-state index contributed by atoms with van der Waals surface area (Å²) in [6.45, 7) is 5.25. The summed E-state index contributed by atoms with van der Waals surface area (Å²) < 4.78 is 5.24. The normalized spacial score (nSPS) is 26.8. The van der Waals surface area contributed by atoms with Gasteiger partial charge in [-0.15, -0.1) is 0 Å². The zero-order valence-corrected chi connectivity index (χ0v) is 8.25. The van der Waals surface area contributed by atoms with Gasteiger partial charge in [0.2, 0.25) is 5.91 Å². The zero-order chi connectivity index (χ0) is 9.84. The van der Waals surface area contributed by atoms with E-state index in [1.165, 1.54) is 0 Å². The van der Waals surface area contributed by atoms with Crippen molar-refractivity contribution in [2.24, 2.45) is 11.7 Å². The van der Waals surface area contributed by atoms with Gasteiger partial charge in [-0.3, -0.25) is 4.79 Å². The molecule has 1 aliphatic rings. The molecule has 0 aliphatic carbocycles. The summed E-state index contributed by atoms with van der Waals surface area (Å²) in [5.41, 5.74) is 5.44. The van der Waals surface area contributed by atoms with Crippen LogP contribution in [0.5, 0.6) is 0 Å². The third-order valence-electron chi connectivity index (χ3n) is 2.46. The highest BCUT2D eigenvalue weighted by Gasteiger charge is 2.24. The topological polar surface area (TPSA) is 64.4 Å². The standard InChI is InChI=1S/C9H18N2O2/c1-6(10)9(12)11-7(2)8-3-4-13-5-8/h6-8H,3-5,10H2,1-2H3,(H,11,12)/t6-,7?,8?/m0/s1. The molecule has 0 aromatic rings. The molecule has 0 aromatic carbocycles. The molecule has 1 heterocycles. The molecular formula is C9H18N2O2. The highest BCUT2D eigenvalue weighted by molar-refractivity contribution is 5.81. The average molecular weight is 186 g/mol. The minimum atomic E-state index is -0.426. The van der Waals surface area contributed by atoms with Gasteiger partial charge < -0.3 is 15.8 Å². The molecule has 1 saturated heterocycles. The van der Waals surface area contributed by atoms with Gasteiger partial charge in [0.05, 0.1) is 12.6 Å². The highest BCUT2D eigenvalue weighted by atomic mass is 16.5. The molecule has 3 atom stereocenters. The van der Waals surface area contributed by atoms with E-state index in [1.54, 1.807) is 6.92 Å². The lowest BCUT2D eigenvalue weighted by Crippen LogP contribution is -2.45. The summed E-state index contributed by atoms with van der Waals surface area (Å²) in [4.78, 5) is 11.2. The molecule has 1 fully saturated rings. The largest absolute Gasteiger partial charge is 0.381 e. The van der Waals surface area contributed by atoms with Crippen molar-refractivity contribution in [3.05, 3.63) is 0 Å². The molecule has 0 radical (unpaired) electrons. The Kier molecular flexibility index (Phi) is 3.69.